The molecule has 20 heteroatoms. The van der Waals surface area contributed by atoms with Crippen LogP contribution in [0.25, 0.3) is 0 Å². The number of hydrogen-bond acceptors (Lipinski definition) is 18. The van der Waals surface area contributed by atoms with Gasteiger partial charge in [0.15, 0.2) is 12.6 Å². The summed E-state index contributed by atoms with van der Waals surface area (Å²) in [5, 5.41) is 24.7. The van der Waals surface area contributed by atoms with E-state index < -0.39 is 11.1 Å². The zero-order valence-corrected chi connectivity index (χ0v) is 66.7. The predicted octanol–water partition coefficient (Wildman–Crippen LogP) is 18.9. The molecule has 0 bridgehead atoms. The summed E-state index contributed by atoms with van der Waals surface area (Å²) in [6.07, 6.45) is 22.6. The van der Waals surface area contributed by atoms with Crippen molar-refractivity contribution in [1.29, 1.82) is 0 Å². The Bertz CT molecular complexity index is 3650. The molecule has 0 spiro atoms. The minimum Gasteiger partial charge on any atom is -0.411 e. The maximum atomic E-state index is 14.3. The number of hydroxylamine groups is 2. The van der Waals surface area contributed by atoms with Crippen LogP contribution in [0.5, 0.6) is 0 Å². The van der Waals surface area contributed by atoms with Crippen molar-refractivity contribution in [3.63, 3.8) is 0 Å². The highest BCUT2D eigenvalue weighted by molar-refractivity contribution is 5.88. The second-order valence-electron chi connectivity index (χ2n) is 29.2. The fraction of sp³-hybridized carbons (Fsp3) is 0.462. The Balaban J connectivity index is 0.000000172. The van der Waals surface area contributed by atoms with Crippen LogP contribution in [0.3, 0.4) is 0 Å². The Morgan fingerprint density at radius 3 is 1.26 bits per heavy atom. The lowest BCUT2D eigenvalue weighted by molar-refractivity contribution is -0.113. The first-order valence-electron chi connectivity index (χ1n) is 39.9. The van der Waals surface area contributed by atoms with Crippen molar-refractivity contribution in [2.75, 3.05) is 48.3 Å². The molecule has 11 atom stereocenters. The van der Waals surface area contributed by atoms with Crippen molar-refractivity contribution >= 4 is 11.9 Å². The van der Waals surface area contributed by atoms with Crippen LogP contribution in [0.1, 0.15) is 155 Å². The molecule has 7 unspecified atom stereocenters. The highest BCUT2D eigenvalue weighted by Crippen LogP contribution is 2.48. The molecule has 113 heavy (non-hydrogen) atoms. The number of nitrogens with zero attached hydrogens (tertiary/aromatic N) is 2. The van der Waals surface area contributed by atoms with Crippen LogP contribution in [0.4, 0.5) is 8.78 Å². The molecule has 3 aliphatic heterocycles. The Labute approximate surface area is 669 Å². The van der Waals surface area contributed by atoms with E-state index in [1.54, 1.807) is 46.6 Å². The number of fused-ring (bicyclic) bond motifs is 3. The van der Waals surface area contributed by atoms with Gasteiger partial charge in [-0.15, -0.1) is 24.9 Å². The van der Waals surface area contributed by atoms with Crippen LogP contribution in [-0.2, 0) is 101 Å². The fourth-order valence-electron chi connectivity index (χ4n) is 15.0. The highest BCUT2D eigenvalue weighted by atomic mass is 19.1. The third-order valence-corrected chi connectivity index (χ3v) is 21.3. The zero-order valence-electron chi connectivity index (χ0n) is 66.7. The highest BCUT2D eigenvalue weighted by Gasteiger charge is 2.52. The average molecular weight is 1560 g/mol. The van der Waals surface area contributed by atoms with E-state index in [2.05, 4.69) is 102 Å². The molecular formula is C93H122F2N4O14. The van der Waals surface area contributed by atoms with Crippen molar-refractivity contribution in [3.8, 4) is 0 Å². The van der Waals surface area contributed by atoms with Gasteiger partial charge >= 0.3 is 0 Å². The lowest BCUT2D eigenvalue weighted by Crippen LogP contribution is -2.47. The maximum Gasteiger partial charge on any atom is 0.156 e. The normalized spacial score (nSPS) is 22.0. The van der Waals surface area contributed by atoms with Crippen molar-refractivity contribution in [2.24, 2.45) is 28.1 Å². The number of benzene rings is 7. The van der Waals surface area contributed by atoms with E-state index in [4.69, 9.17) is 62.4 Å². The Morgan fingerprint density at radius 2 is 0.858 bits per heavy atom. The fourth-order valence-corrected chi connectivity index (χ4v) is 15.0. The molecule has 3 aliphatic carbocycles. The number of nitrogens with one attached hydrogen (secondary N) is 2. The molecule has 612 valence electrons. The monoisotopic (exact) mass is 1560 g/mol. The third kappa shape index (κ3) is 30.6. The summed E-state index contributed by atoms with van der Waals surface area (Å²) in [7, 11) is 6.49. The van der Waals surface area contributed by atoms with Crippen LogP contribution >= 0.6 is 0 Å². The molecule has 3 heterocycles. The van der Waals surface area contributed by atoms with Gasteiger partial charge in [0.2, 0.25) is 0 Å². The first kappa shape index (κ1) is 90.5. The Kier molecular flexibility index (Phi) is 41.5. The summed E-state index contributed by atoms with van der Waals surface area (Å²) in [4.78, 5) is 16.2. The van der Waals surface area contributed by atoms with E-state index in [1.807, 2.05) is 127 Å². The van der Waals surface area contributed by atoms with E-state index in [1.165, 1.54) is 46.3 Å². The van der Waals surface area contributed by atoms with Crippen LogP contribution in [0.15, 0.2) is 248 Å². The standard InChI is InChI=1S/2C20H22FNO2.C16H24O3.C14H17NO2.C14H19NO2.C9H18O3/c2*21-19-9-5-4-8-18(19)20-11-10-17(12-16(20)14-24-22-20)23-13-15-6-2-1-3-7-15;1-4-8-15(11-12-16(17-2)18-3)19-13-14-9-6-5-7-10-14;1-2-4-11(5-3-1)9-16-13-6-7-14-12(8-13)10-17-15-14;1-2-7-14(10-6-11-15-16)17-12-13-8-4-3-5-9-13;1-4-5-8(10)6-7-9(11-2)12-3/h2*1-9,16-17,22H,10-14H2;4-7,9-10,15-16H,1,8,11-13H2,2-3H3;1-5,12-13H,6-10H2;2-5,8-9,11,14,16H,1,6-7,10,12H2;4,8-10H,1,5-7H2,2-3H3/t2*16-,17?,20-;;;;/m00..../s1. The average Bonchev–Trinajstić information content (AvgIpc) is 1.66. The second kappa shape index (κ2) is 51.8. The van der Waals surface area contributed by atoms with Gasteiger partial charge in [0, 0.05) is 76.4 Å². The molecule has 0 aromatic heterocycles. The number of methoxy groups -OCH3 is 4. The summed E-state index contributed by atoms with van der Waals surface area (Å²) in [5.41, 5.74) is 14.1. The van der Waals surface area contributed by atoms with Gasteiger partial charge in [-0.1, -0.05) is 211 Å². The molecule has 13 rings (SSSR count). The first-order valence-corrected chi connectivity index (χ1v) is 39.9. The van der Waals surface area contributed by atoms with E-state index >= 15 is 0 Å². The molecule has 2 saturated heterocycles. The third-order valence-electron chi connectivity index (χ3n) is 21.3. The minimum absolute atomic E-state index is 0.130. The number of aliphatic hydroxyl groups excluding tert-OH is 1. The van der Waals surface area contributed by atoms with Gasteiger partial charge in [-0.05, 0) is 143 Å². The van der Waals surface area contributed by atoms with Crippen LogP contribution in [-0.4, -0.2) is 120 Å². The van der Waals surface area contributed by atoms with Gasteiger partial charge in [0.25, 0.3) is 0 Å². The minimum atomic E-state index is -0.419. The van der Waals surface area contributed by atoms with Crippen molar-refractivity contribution in [2.45, 2.75) is 209 Å². The molecule has 18 nitrogen and oxygen atoms in total. The molecule has 7 aromatic carbocycles. The van der Waals surface area contributed by atoms with Gasteiger partial charge in [0.05, 0.1) is 99.7 Å². The molecule has 7 aromatic rings. The number of ether oxygens (including phenoxy) is 9. The van der Waals surface area contributed by atoms with Crippen LogP contribution in [0, 0.1) is 29.4 Å². The van der Waals surface area contributed by atoms with Crippen LogP contribution < -0.4 is 11.0 Å². The van der Waals surface area contributed by atoms with E-state index in [9.17, 15) is 13.9 Å². The van der Waals surface area contributed by atoms with Crippen molar-refractivity contribution in [3.05, 3.63) is 289 Å². The van der Waals surface area contributed by atoms with Gasteiger partial charge < -0.3 is 67.5 Å². The lowest BCUT2D eigenvalue weighted by Gasteiger charge is -2.41. The molecule has 4 N–H and O–H groups in total. The molecule has 3 saturated carbocycles. The van der Waals surface area contributed by atoms with Gasteiger partial charge in [-0.3, -0.25) is 0 Å². The zero-order chi connectivity index (χ0) is 80.0. The van der Waals surface area contributed by atoms with E-state index in [-0.39, 0.29) is 66.6 Å². The van der Waals surface area contributed by atoms with Gasteiger partial charge in [0.1, 0.15) is 18.2 Å². The predicted molar refractivity (Wildman–Crippen MR) is 439 cm³/mol. The van der Waals surface area contributed by atoms with Crippen molar-refractivity contribution < 1.29 is 76.2 Å². The summed E-state index contributed by atoms with van der Waals surface area (Å²) in [5.74, 6) is 0.630. The van der Waals surface area contributed by atoms with Crippen LogP contribution in [0.2, 0.25) is 0 Å². The number of hydrogen-bond donors (Lipinski definition) is 4. The Hall–Kier alpha value is -8.00. The van der Waals surface area contributed by atoms with E-state index in [0.717, 1.165) is 102 Å². The van der Waals surface area contributed by atoms with E-state index in [0.29, 0.717) is 95.1 Å². The summed E-state index contributed by atoms with van der Waals surface area (Å²) >= 11 is 0. The molecule has 0 radical (unpaired) electrons. The Morgan fingerprint density at radius 1 is 0.478 bits per heavy atom. The number of rotatable bonds is 36. The van der Waals surface area contributed by atoms with Gasteiger partial charge in [-0.25, -0.2) is 8.78 Å². The second-order valence-corrected chi connectivity index (χ2v) is 29.2. The first-order chi connectivity index (χ1) is 55.4. The number of oxime groups is 2. The SMILES string of the molecule is C=CCC(CCC(OC)OC)OCc1ccccc1.C=CCC(CCC=NO)OCc1ccccc1.C=CCC(O)CCC(OC)OC.Fc1ccccc1[C@]12CCC(OCc3ccccc3)C[C@H]1CON2.Fc1ccccc1[C@]12CCC(OCc3ccccc3)C[C@H]1CON2.c1ccc(COC2CCC3=NOCC3C2)cc1. The maximum absolute atomic E-state index is 14.3. The van der Waals surface area contributed by atoms with Crippen molar-refractivity contribution in [1.82, 2.24) is 11.0 Å². The lowest BCUT2D eigenvalue weighted by atomic mass is 9.69. The molecule has 0 amide bonds. The summed E-state index contributed by atoms with van der Waals surface area (Å²) < 4.78 is 78.9. The van der Waals surface area contributed by atoms with Gasteiger partial charge in [-0.2, -0.15) is 11.0 Å². The smallest absolute Gasteiger partial charge is 0.156 e. The number of aliphatic hydroxyl groups is 1. The summed E-state index contributed by atoms with van der Waals surface area (Å²) in [6, 6.07) is 65.1. The number of halogens is 2. The topological polar surface area (TPSA) is 200 Å². The molecule has 6 aliphatic rings. The largest absolute Gasteiger partial charge is 0.411 e. The summed E-state index contributed by atoms with van der Waals surface area (Å²) in [6.45, 7) is 16.2. The molecular weight excluding hydrogens is 1440 g/mol. The molecule has 5 fully saturated rings. The quantitative estimate of drug-likeness (QED) is 0.00949.